The van der Waals surface area contributed by atoms with E-state index in [0.29, 0.717) is 18.0 Å². The molecule has 1 aromatic heterocycles. The number of ether oxygens (including phenoxy) is 1. The molecule has 3 rings (SSSR count). The van der Waals surface area contributed by atoms with Gasteiger partial charge in [0.05, 0.1) is 6.54 Å². The number of aromatic nitrogens is 2. The standard InChI is InChI=1S/C20H25N5O4/c1-3-25(12-18(26)27)16-10-15(11-16)24-19(28)23-14-4-6-17(7-5-14)29-20-21-9-8-13(2)22-20/h4-9,15-16H,3,10-12H2,1-2H3,(H,26,27)(H2,23,24,28). The second-order valence-corrected chi connectivity index (χ2v) is 6.98. The van der Waals surface area contributed by atoms with Crippen molar-refractivity contribution < 1.29 is 19.4 Å². The fourth-order valence-corrected chi connectivity index (χ4v) is 3.22. The van der Waals surface area contributed by atoms with Crippen molar-refractivity contribution in [1.82, 2.24) is 20.2 Å². The number of amides is 2. The van der Waals surface area contributed by atoms with Crippen LogP contribution in [0.25, 0.3) is 0 Å². The SMILES string of the molecule is CCN(CC(=O)O)C1CC(NC(=O)Nc2ccc(Oc3nccc(C)n3)cc2)C1. The Balaban J connectivity index is 1.44. The molecule has 1 aromatic carbocycles. The molecule has 29 heavy (non-hydrogen) atoms. The van der Waals surface area contributed by atoms with E-state index in [2.05, 4.69) is 20.6 Å². The third-order valence-corrected chi connectivity index (χ3v) is 4.80. The molecule has 0 bridgehead atoms. The van der Waals surface area contributed by atoms with Crippen molar-refractivity contribution in [1.29, 1.82) is 0 Å². The zero-order chi connectivity index (χ0) is 20.8. The first-order valence-electron chi connectivity index (χ1n) is 9.54. The van der Waals surface area contributed by atoms with Gasteiger partial charge in [0.25, 0.3) is 0 Å². The van der Waals surface area contributed by atoms with Gasteiger partial charge < -0.3 is 20.5 Å². The Kier molecular flexibility index (Phi) is 6.61. The van der Waals surface area contributed by atoms with Crippen molar-refractivity contribution >= 4 is 17.7 Å². The van der Waals surface area contributed by atoms with Gasteiger partial charge in [0.2, 0.25) is 0 Å². The third-order valence-electron chi connectivity index (χ3n) is 4.80. The van der Waals surface area contributed by atoms with Gasteiger partial charge in [0.15, 0.2) is 0 Å². The highest BCUT2D eigenvalue weighted by Gasteiger charge is 2.34. The molecule has 0 aliphatic heterocycles. The van der Waals surface area contributed by atoms with Crippen LogP contribution in [0.5, 0.6) is 11.8 Å². The number of urea groups is 1. The minimum atomic E-state index is -0.831. The molecule has 9 nitrogen and oxygen atoms in total. The topological polar surface area (TPSA) is 117 Å². The highest BCUT2D eigenvalue weighted by Crippen LogP contribution is 2.26. The van der Waals surface area contributed by atoms with Crippen LogP contribution in [0.15, 0.2) is 36.5 Å². The molecular formula is C20H25N5O4. The fourth-order valence-electron chi connectivity index (χ4n) is 3.22. The van der Waals surface area contributed by atoms with Crippen LogP contribution in [0.3, 0.4) is 0 Å². The molecule has 1 saturated carbocycles. The lowest BCUT2D eigenvalue weighted by molar-refractivity contribution is -0.139. The molecule has 154 valence electrons. The summed E-state index contributed by atoms with van der Waals surface area (Å²) in [4.78, 5) is 33.2. The Hall–Kier alpha value is -3.20. The second kappa shape index (κ2) is 9.33. The first kappa shape index (κ1) is 20.5. The normalized spacial score (nSPS) is 18.0. The molecule has 1 heterocycles. The molecule has 2 amide bonds. The Morgan fingerprint density at radius 3 is 2.59 bits per heavy atom. The van der Waals surface area contributed by atoms with Crippen LogP contribution in [0, 0.1) is 6.92 Å². The maximum Gasteiger partial charge on any atom is 0.322 e. The van der Waals surface area contributed by atoms with Gasteiger partial charge in [-0.05, 0) is 56.6 Å². The van der Waals surface area contributed by atoms with Gasteiger partial charge in [-0.1, -0.05) is 6.92 Å². The van der Waals surface area contributed by atoms with E-state index >= 15 is 0 Å². The highest BCUT2D eigenvalue weighted by molar-refractivity contribution is 5.89. The van der Waals surface area contributed by atoms with Gasteiger partial charge in [-0.3, -0.25) is 9.69 Å². The number of carboxylic acid groups (broad SMARTS) is 1. The van der Waals surface area contributed by atoms with Crippen LogP contribution in [0.4, 0.5) is 10.5 Å². The van der Waals surface area contributed by atoms with E-state index in [9.17, 15) is 9.59 Å². The van der Waals surface area contributed by atoms with Crippen molar-refractivity contribution in [2.75, 3.05) is 18.4 Å². The quantitative estimate of drug-likeness (QED) is 0.625. The maximum atomic E-state index is 12.2. The molecule has 0 unspecified atom stereocenters. The van der Waals surface area contributed by atoms with Crippen LogP contribution in [0.2, 0.25) is 0 Å². The zero-order valence-electron chi connectivity index (χ0n) is 16.5. The summed E-state index contributed by atoms with van der Waals surface area (Å²) >= 11 is 0. The molecule has 0 radical (unpaired) electrons. The number of carboxylic acids is 1. The van der Waals surface area contributed by atoms with Crippen LogP contribution < -0.4 is 15.4 Å². The van der Waals surface area contributed by atoms with Gasteiger partial charge in [-0.25, -0.2) is 14.8 Å². The van der Waals surface area contributed by atoms with Crippen LogP contribution in [0.1, 0.15) is 25.5 Å². The number of nitrogens with one attached hydrogen (secondary N) is 2. The molecule has 2 aromatic rings. The number of anilines is 1. The average molecular weight is 399 g/mol. The van der Waals surface area contributed by atoms with Gasteiger partial charge in [0, 0.05) is 29.7 Å². The monoisotopic (exact) mass is 399 g/mol. The van der Waals surface area contributed by atoms with E-state index in [1.807, 2.05) is 18.7 Å². The minimum absolute atomic E-state index is 0.0299. The third kappa shape index (κ3) is 5.89. The molecule has 9 heteroatoms. The molecule has 0 atom stereocenters. The highest BCUT2D eigenvalue weighted by atomic mass is 16.5. The van der Waals surface area contributed by atoms with Crippen LogP contribution in [-0.2, 0) is 4.79 Å². The van der Waals surface area contributed by atoms with E-state index in [0.717, 1.165) is 18.5 Å². The predicted octanol–water partition coefficient (Wildman–Crippen LogP) is 2.64. The number of aliphatic carboxylic acids is 1. The fraction of sp³-hybridized carbons (Fsp3) is 0.400. The van der Waals surface area contributed by atoms with Gasteiger partial charge in [0.1, 0.15) is 5.75 Å². The van der Waals surface area contributed by atoms with Gasteiger partial charge >= 0.3 is 18.0 Å². The molecule has 1 aliphatic carbocycles. The molecular weight excluding hydrogens is 374 g/mol. The number of carbonyl (C=O) groups excluding carboxylic acids is 1. The lowest BCUT2D eigenvalue weighted by Gasteiger charge is -2.42. The number of likely N-dealkylation sites (N-methyl/N-ethyl adjacent to an activating group) is 1. The maximum absolute atomic E-state index is 12.2. The molecule has 3 N–H and O–H groups in total. The molecule has 0 spiro atoms. The minimum Gasteiger partial charge on any atom is -0.480 e. The zero-order valence-corrected chi connectivity index (χ0v) is 16.5. The summed E-state index contributed by atoms with van der Waals surface area (Å²) in [5.74, 6) is -0.260. The molecule has 1 fully saturated rings. The predicted molar refractivity (Wildman–Crippen MR) is 107 cm³/mol. The smallest absolute Gasteiger partial charge is 0.322 e. The number of hydrogen-bond donors (Lipinski definition) is 3. The second-order valence-electron chi connectivity index (χ2n) is 6.98. The van der Waals surface area contributed by atoms with Gasteiger partial charge in [-0.15, -0.1) is 0 Å². The van der Waals surface area contributed by atoms with E-state index in [1.54, 1.807) is 36.5 Å². The van der Waals surface area contributed by atoms with Gasteiger partial charge in [-0.2, -0.15) is 0 Å². The molecule has 0 saturated heterocycles. The summed E-state index contributed by atoms with van der Waals surface area (Å²) in [7, 11) is 0. The largest absolute Gasteiger partial charge is 0.480 e. The van der Waals surface area contributed by atoms with E-state index < -0.39 is 5.97 Å². The lowest BCUT2D eigenvalue weighted by atomic mass is 9.85. The van der Waals surface area contributed by atoms with Crippen molar-refractivity contribution in [3.63, 3.8) is 0 Å². The Morgan fingerprint density at radius 2 is 1.97 bits per heavy atom. The number of rotatable bonds is 8. The first-order valence-corrected chi connectivity index (χ1v) is 9.54. The summed E-state index contributed by atoms with van der Waals surface area (Å²) in [6.07, 6.45) is 3.12. The average Bonchev–Trinajstić information content (AvgIpc) is 2.64. The lowest BCUT2D eigenvalue weighted by Crippen LogP contribution is -2.55. The number of nitrogens with zero attached hydrogens (tertiary/aromatic N) is 3. The number of aryl methyl sites for hydroxylation is 1. The van der Waals surface area contributed by atoms with E-state index in [4.69, 9.17) is 9.84 Å². The van der Waals surface area contributed by atoms with E-state index in [1.165, 1.54) is 0 Å². The summed E-state index contributed by atoms with van der Waals surface area (Å²) in [5, 5.41) is 14.6. The van der Waals surface area contributed by atoms with Crippen molar-refractivity contribution in [3.8, 4) is 11.8 Å². The van der Waals surface area contributed by atoms with Crippen molar-refractivity contribution in [2.45, 2.75) is 38.8 Å². The summed E-state index contributed by atoms with van der Waals surface area (Å²) < 4.78 is 5.59. The number of hydrogen-bond acceptors (Lipinski definition) is 6. The molecule has 1 aliphatic rings. The number of benzene rings is 1. The Labute approximate surface area is 169 Å². The van der Waals surface area contributed by atoms with Crippen LogP contribution >= 0.6 is 0 Å². The summed E-state index contributed by atoms with van der Waals surface area (Å²) in [6, 6.07) is 8.94. The van der Waals surface area contributed by atoms with Crippen molar-refractivity contribution in [3.05, 3.63) is 42.2 Å². The first-order chi connectivity index (χ1) is 13.9. The van der Waals surface area contributed by atoms with Crippen LogP contribution in [-0.4, -0.2) is 57.1 Å². The summed E-state index contributed by atoms with van der Waals surface area (Å²) in [5.41, 5.74) is 1.45. The number of carbonyl (C=O) groups is 2. The van der Waals surface area contributed by atoms with Crippen molar-refractivity contribution in [2.24, 2.45) is 0 Å². The Bertz CT molecular complexity index is 852. The van der Waals surface area contributed by atoms with E-state index in [-0.39, 0.29) is 30.7 Å². The Morgan fingerprint density at radius 1 is 1.24 bits per heavy atom. The summed E-state index contributed by atoms with van der Waals surface area (Å²) in [6.45, 7) is 4.51.